The molecule has 0 radical (unpaired) electrons. The van der Waals surface area contributed by atoms with Gasteiger partial charge in [0.05, 0.1) is 5.69 Å². The Bertz CT molecular complexity index is 1000. The van der Waals surface area contributed by atoms with E-state index >= 15 is 0 Å². The Kier molecular flexibility index (Phi) is 5.99. The topological polar surface area (TPSA) is 65.8 Å². The van der Waals surface area contributed by atoms with E-state index in [1.807, 2.05) is 24.3 Å². The summed E-state index contributed by atoms with van der Waals surface area (Å²) in [5.74, 6) is 1.31. The van der Waals surface area contributed by atoms with Crippen LogP contribution in [-0.2, 0) is 6.42 Å². The average Bonchev–Trinajstić information content (AvgIpc) is 3.23. The maximum Gasteiger partial charge on any atom is 0.215 e. The minimum atomic E-state index is -0.467. The predicted octanol–water partition coefficient (Wildman–Crippen LogP) is 3.81. The molecular weight excluding hydrogens is 379 g/mol. The Balaban J connectivity index is 1.51. The SMILES string of the molecule is C/C=C(\C(F)=NC)c1ccc(-c2cc3c(nn2)N=C(N(C)C2CCNCC2)C3)cc1. The zero-order valence-corrected chi connectivity index (χ0v) is 17.7. The van der Waals surface area contributed by atoms with Crippen LogP contribution < -0.4 is 5.32 Å². The van der Waals surface area contributed by atoms with E-state index < -0.39 is 5.97 Å². The van der Waals surface area contributed by atoms with Crippen LogP contribution in [0.15, 0.2) is 46.4 Å². The van der Waals surface area contributed by atoms with Crippen LogP contribution in [0.2, 0.25) is 0 Å². The van der Waals surface area contributed by atoms with Crippen LogP contribution in [-0.4, -0.2) is 60.1 Å². The summed E-state index contributed by atoms with van der Waals surface area (Å²) in [5.41, 5.74) is 4.11. The molecule has 0 unspecified atom stereocenters. The standard InChI is InChI=1S/C23H27FN6/c1-4-19(22(24)25-2)15-5-7-16(8-6-15)20-13-17-14-21(27-23(17)29-28-20)30(3)18-9-11-26-12-10-18/h4-8,13,18,26H,9-12,14H2,1-3H3/b19-4-,25-22?. The van der Waals surface area contributed by atoms with Gasteiger partial charge >= 0.3 is 0 Å². The van der Waals surface area contributed by atoms with Crippen molar-refractivity contribution in [1.82, 2.24) is 20.4 Å². The fourth-order valence-corrected chi connectivity index (χ4v) is 4.08. The fourth-order valence-electron chi connectivity index (χ4n) is 4.08. The van der Waals surface area contributed by atoms with Crippen molar-refractivity contribution < 1.29 is 4.39 Å². The zero-order chi connectivity index (χ0) is 21.1. The van der Waals surface area contributed by atoms with Crippen molar-refractivity contribution in [2.75, 3.05) is 27.2 Å². The van der Waals surface area contributed by atoms with Gasteiger partial charge in [-0.1, -0.05) is 30.3 Å². The van der Waals surface area contributed by atoms with Gasteiger partial charge < -0.3 is 10.2 Å². The van der Waals surface area contributed by atoms with Gasteiger partial charge in [-0.25, -0.2) is 4.99 Å². The second kappa shape index (κ2) is 8.83. The first-order valence-electron chi connectivity index (χ1n) is 10.4. The minimum absolute atomic E-state index is 0.467. The number of hydrogen-bond donors (Lipinski definition) is 1. The number of aromatic nitrogens is 2. The van der Waals surface area contributed by atoms with Crippen molar-refractivity contribution in [3.63, 3.8) is 0 Å². The lowest BCUT2D eigenvalue weighted by Gasteiger charge is -2.33. The molecule has 4 rings (SSSR count). The van der Waals surface area contributed by atoms with Crippen LogP contribution in [0, 0.1) is 0 Å². The molecule has 0 atom stereocenters. The van der Waals surface area contributed by atoms with Crippen molar-refractivity contribution in [2.24, 2.45) is 9.98 Å². The van der Waals surface area contributed by atoms with E-state index in [4.69, 9.17) is 4.99 Å². The third-order valence-electron chi connectivity index (χ3n) is 5.90. The summed E-state index contributed by atoms with van der Waals surface area (Å²) in [6.07, 6.45) is 4.76. The van der Waals surface area contributed by atoms with Gasteiger partial charge in [-0.3, -0.25) is 4.99 Å². The molecule has 156 valence electrons. The molecule has 3 heterocycles. The molecule has 0 bridgehead atoms. The summed E-state index contributed by atoms with van der Waals surface area (Å²) >= 11 is 0. The molecule has 1 N–H and O–H groups in total. The highest BCUT2D eigenvalue weighted by Gasteiger charge is 2.25. The number of hydrogen-bond acceptors (Lipinski definition) is 6. The van der Waals surface area contributed by atoms with E-state index in [1.165, 1.54) is 7.05 Å². The van der Waals surface area contributed by atoms with Gasteiger partial charge in [-0.15, -0.1) is 10.2 Å². The van der Waals surface area contributed by atoms with Crippen LogP contribution in [0.3, 0.4) is 0 Å². The largest absolute Gasteiger partial charge is 0.360 e. The Hall–Kier alpha value is -2.93. The fraction of sp³-hybridized carbons (Fsp3) is 0.391. The number of allylic oxidation sites excluding steroid dienone is 2. The number of benzene rings is 1. The molecule has 0 amide bonds. The highest BCUT2D eigenvalue weighted by molar-refractivity contribution is 6.18. The van der Waals surface area contributed by atoms with Gasteiger partial charge in [0.2, 0.25) is 5.97 Å². The maximum atomic E-state index is 13.9. The lowest BCUT2D eigenvalue weighted by molar-refractivity contribution is 0.287. The molecule has 0 saturated carbocycles. The summed E-state index contributed by atoms with van der Waals surface area (Å²) in [5, 5.41) is 12.1. The van der Waals surface area contributed by atoms with Crippen LogP contribution in [0.1, 0.15) is 30.9 Å². The second-order valence-electron chi connectivity index (χ2n) is 7.67. The number of halogens is 1. The molecule has 2 aliphatic heterocycles. The maximum absolute atomic E-state index is 13.9. The van der Waals surface area contributed by atoms with Crippen LogP contribution >= 0.6 is 0 Å². The molecule has 7 heteroatoms. The van der Waals surface area contributed by atoms with E-state index in [-0.39, 0.29) is 0 Å². The lowest BCUT2D eigenvalue weighted by Crippen LogP contribution is -2.44. The first-order chi connectivity index (χ1) is 14.6. The van der Waals surface area contributed by atoms with Crippen molar-refractivity contribution in [1.29, 1.82) is 0 Å². The Morgan fingerprint density at radius 3 is 2.60 bits per heavy atom. The highest BCUT2D eigenvalue weighted by Crippen LogP contribution is 2.30. The van der Waals surface area contributed by atoms with Gasteiger partial charge in [0, 0.05) is 43.3 Å². The third-order valence-corrected chi connectivity index (χ3v) is 5.90. The van der Waals surface area contributed by atoms with E-state index in [0.717, 1.165) is 60.6 Å². The zero-order valence-electron chi connectivity index (χ0n) is 17.7. The molecule has 0 spiro atoms. The number of amidine groups is 1. The Morgan fingerprint density at radius 1 is 1.20 bits per heavy atom. The number of fused-ring (bicyclic) bond motifs is 1. The van der Waals surface area contributed by atoms with Crippen molar-refractivity contribution >= 4 is 23.2 Å². The lowest BCUT2D eigenvalue weighted by atomic mass is 10.0. The van der Waals surface area contributed by atoms with Crippen LogP contribution in [0.4, 0.5) is 10.2 Å². The van der Waals surface area contributed by atoms with E-state index in [1.54, 1.807) is 13.0 Å². The second-order valence-corrected chi connectivity index (χ2v) is 7.67. The smallest absolute Gasteiger partial charge is 0.215 e. The molecule has 1 aromatic carbocycles. The summed E-state index contributed by atoms with van der Waals surface area (Å²) in [7, 11) is 3.58. The number of likely N-dealkylation sites (N-methyl/N-ethyl adjacent to an activating group) is 1. The summed E-state index contributed by atoms with van der Waals surface area (Å²) < 4.78 is 13.9. The van der Waals surface area contributed by atoms with Gasteiger partial charge in [0.25, 0.3) is 0 Å². The highest BCUT2D eigenvalue weighted by atomic mass is 19.1. The normalized spacial score (nSPS) is 17.7. The number of rotatable bonds is 4. The summed E-state index contributed by atoms with van der Waals surface area (Å²) in [6.45, 7) is 3.91. The Morgan fingerprint density at radius 2 is 1.93 bits per heavy atom. The molecule has 2 aliphatic rings. The van der Waals surface area contributed by atoms with Gasteiger partial charge in [0.15, 0.2) is 5.82 Å². The van der Waals surface area contributed by atoms with E-state index in [2.05, 4.69) is 38.5 Å². The molecule has 6 nitrogen and oxygen atoms in total. The van der Waals surface area contributed by atoms with Crippen molar-refractivity contribution in [3.05, 3.63) is 47.5 Å². The molecule has 30 heavy (non-hydrogen) atoms. The van der Waals surface area contributed by atoms with Crippen LogP contribution in [0.25, 0.3) is 16.8 Å². The molecule has 0 aliphatic carbocycles. The Labute approximate surface area is 176 Å². The van der Waals surface area contributed by atoms with E-state index in [0.29, 0.717) is 17.4 Å². The van der Waals surface area contributed by atoms with Crippen LogP contribution in [0.5, 0.6) is 0 Å². The molecule has 1 saturated heterocycles. The molecule has 1 fully saturated rings. The van der Waals surface area contributed by atoms with Crippen molar-refractivity contribution in [3.8, 4) is 11.3 Å². The quantitative estimate of drug-likeness (QED) is 0.784. The third kappa shape index (κ3) is 4.03. The first-order valence-corrected chi connectivity index (χ1v) is 10.4. The van der Waals surface area contributed by atoms with Gasteiger partial charge in [0.1, 0.15) is 5.84 Å². The van der Waals surface area contributed by atoms with Gasteiger partial charge in [-0.2, -0.15) is 4.39 Å². The van der Waals surface area contributed by atoms with Crippen molar-refractivity contribution in [2.45, 2.75) is 32.2 Å². The first kappa shape index (κ1) is 20.3. The van der Waals surface area contributed by atoms with Gasteiger partial charge in [-0.05, 0) is 44.5 Å². The predicted molar refractivity (Wildman–Crippen MR) is 120 cm³/mol. The molecule has 2 aromatic rings. The number of piperidine rings is 1. The number of nitrogens with zero attached hydrogens (tertiary/aromatic N) is 5. The minimum Gasteiger partial charge on any atom is -0.360 e. The molecule has 1 aromatic heterocycles. The average molecular weight is 407 g/mol. The van der Waals surface area contributed by atoms with E-state index in [9.17, 15) is 4.39 Å². The number of nitrogens with one attached hydrogen (secondary N) is 1. The summed E-state index contributed by atoms with van der Waals surface area (Å²) in [6, 6.07) is 10.2. The molecular formula is C23H27FN6. The summed E-state index contributed by atoms with van der Waals surface area (Å²) in [4.78, 5) is 10.7. The monoisotopic (exact) mass is 406 g/mol. The number of aliphatic imine (C=N–C) groups is 2.